The van der Waals surface area contributed by atoms with Gasteiger partial charge in [0.2, 0.25) is 11.9 Å². The highest BCUT2D eigenvalue weighted by atomic mass is 79.9. The fraction of sp³-hybridized carbons (Fsp3) is 0.368. The molecular formula is C19H21BrN6O3. The molecule has 1 amide bonds. The van der Waals surface area contributed by atoms with Crippen LogP contribution in [0.1, 0.15) is 5.56 Å². The minimum Gasteiger partial charge on any atom is -0.375 e. The van der Waals surface area contributed by atoms with E-state index in [9.17, 15) is 9.59 Å². The molecule has 0 bridgehead atoms. The number of halogens is 1. The number of anilines is 1. The Morgan fingerprint density at radius 2 is 2.03 bits per heavy atom. The number of ether oxygens (including phenoxy) is 1. The molecule has 152 valence electrons. The van der Waals surface area contributed by atoms with Crippen molar-refractivity contribution in [3.05, 3.63) is 44.8 Å². The van der Waals surface area contributed by atoms with Crippen LogP contribution in [0, 0.1) is 6.92 Å². The van der Waals surface area contributed by atoms with E-state index in [4.69, 9.17) is 4.74 Å². The maximum absolute atomic E-state index is 12.6. The van der Waals surface area contributed by atoms with Crippen molar-refractivity contribution in [2.24, 2.45) is 0 Å². The van der Waals surface area contributed by atoms with E-state index in [0.29, 0.717) is 43.2 Å². The van der Waals surface area contributed by atoms with E-state index in [1.54, 1.807) is 15.8 Å². The third-order valence-corrected chi connectivity index (χ3v) is 5.48. The van der Waals surface area contributed by atoms with Crippen molar-refractivity contribution in [3.8, 4) is 5.69 Å². The topological polar surface area (TPSA) is 96.3 Å². The van der Waals surface area contributed by atoms with Crippen molar-refractivity contribution in [2.45, 2.75) is 6.92 Å². The number of hydrogen-bond acceptors (Lipinski definition) is 6. The predicted molar refractivity (Wildman–Crippen MR) is 113 cm³/mol. The summed E-state index contributed by atoms with van der Waals surface area (Å²) >= 11 is 3.46. The Labute approximate surface area is 175 Å². The molecule has 9 nitrogen and oxygen atoms in total. The molecule has 0 unspecified atom stereocenters. The lowest BCUT2D eigenvalue weighted by atomic mass is 10.2. The minimum absolute atomic E-state index is 0.0346. The van der Waals surface area contributed by atoms with E-state index in [2.05, 4.69) is 31.0 Å². The summed E-state index contributed by atoms with van der Waals surface area (Å²) in [7, 11) is 1.51. The minimum atomic E-state index is -0.232. The van der Waals surface area contributed by atoms with E-state index >= 15 is 0 Å². The molecular weight excluding hydrogens is 440 g/mol. The molecule has 0 radical (unpaired) electrons. The largest absolute Gasteiger partial charge is 0.375 e. The van der Waals surface area contributed by atoms with Crippen LogP contribution in [0.2, 0.25) is 0 Å². The van der Waals surface area contributed by atoms with Crippen LogP contribution in [-0.4, -0.2) is 70.5 Å². The van der Waals surface area contributed by atoms with Gasteiger partial charge in [-0.1, -0.05) is 15.9 Å². The number of rotatable bonds is 4. The van der Waals surface area contributed by atoms with Crippen LogP contribution >= 0.6 is 15.9 Å². The van der Waals surface area contributed by atoms with Gasteiger partial charge in [0.1, 0.15) is 12.0 Å². The number of nitrogens with zero attached hydrogens (tertiary/aromatic N) is 5. The number of aromatic nitrogens is 4. The molecule has 2 aromatic heterocycles. The smallest absolute Gasteiger partial charge is 0.263 e. The summed E-state index contributed by atoms with van der Waals surface area (Å²) in [5.74, 6) is 0.437. The zero-order valence-electron chi connectivity index (χ0n) is 16.2. The summed E-state index contributed by atoms with van der Waals surface area (Å²) < 4.78 is 7.57. The van der Waals surface area contributed by atoms with Gasteiger partial charge in [-0.2, -0.15) is 4.98 Å². The van der Waals surface area contributed by atoms with Gasteiger partial charge in [0.05, 0.1) is 5.69 Å². The van der Waals surface area contributed by atoms with Crippen molar-refractivity contribution < 1.29 is 9.53 Å². The number of benzene rings is 1. The highest BCUT2D eigenvalue weighted by Crippen LogP contribution is 2.21. The Balaban J connectivity index is 1.60. The van der Waals surface area contributed by atoms with Gasteiger partial charge in [0.25, 0.3) is 5.56 Å². The fourth-order valence-corrected chi connectivity index (χ4v) is 3.91. The summed E-state index contributed by atoms with van der Waals surface area (Å²) in [5.41, 5.74) is 2.07. The maximum Gasteiger partial charge on any atom is 0.263 e. The number of H-pyrrole nitrogens is 1. The van der Waals surface area contributed by atoms with Gasteiger partial charge < -0.3 is 14.5 Å². The van der Waals surface area contributed by atoms with Crippen molar-refractivity contribution in [2.75, 3.05) is 44.8 Å². The third-order valence-electron chi connectivity index (χ3n) is 4.98. The number of methoxy groups -OCH3 is 1. The zero-order valence-corrected chi connectivity index (χ0v) is 17.8. The van der Waals surface area contributed by atoms with Crippen LogP contribution in [0.3, 0.4) is 0 Å². The van der Waals surface area contributed by atoms with Crippen molar-refractivity contribution >= 4 is 38.8 Å². The maximum atomic E-state index is 12.6. The molecule has 0 aliphatic carbocycles. The molecule has 0 atom stereocenters. The number of aromatic amines is 1. The van der Waals surface area contributed by atoms with E-state index < -0.39 is 0 Å². The molecule has 0 saturated carbocycles. The summed E-state index contributed by atoms with van der Waals surface area (Å²) in [6.45, 7) is 4.33. The van der Waals surface area contributed by atoms with Gasteiger partial charge in [0.15, 0.2) is 5.65 Å². The van der Waals surface area contributed by atoms with Crippen LogP contribution in [0.15, 0.2) is 33.7 Å². The van der Waals surface area contributed by atoms with Crippen LogP contribution in [-0.2, 0) is 9.53 Å². The number of piperazine rings is 1. The molecule has 1 aliphatic heterocycles. The van der Waals surface area contributed by atoms with Crippen molar-refractivity contribution in [1.82, 2.24) is 24.6 Å². The third kappa shape index (κ3) is 3.90. The normalized spacial score (nSPS) is 14.6. The molecule has 29 heavy (non-hydrogen) atoms. The molecule has 1 saturated heterocycles. The number of amides is 1. The Bertz CT molecular complexity index is 1120. The number of aryl methyl sites for hydroxylation is 1. The van der Waals surface area contributed by atoms with E-state index in [0.717, 1.165) is 15.7 Å². The van der Waals surface area contributed by atoms with Crippen LogP contribution in [0.5, 0.6) is 0 Å². The van der Waals surface area contributed by atoms with Crippen LogP contribution in [0.25, 0.3) is 16.7 Å². The monoisotopic (exact) mass is 460 g/mol. The number of carbonyl (C=O) groups excluding carboxylic acids is 1. The van der Waals surface area contributed by atoms with Crippen molar-refractivity contribution in [1.29, 1.82) is 0 Å². The molecule has 10 heteroatoms. The first-order valence-corrected chi connectivity index (χ1v) is 10.0. The van der Waals surface area contributed by atoms with E-state index in [-0.39, 0.29) is 18.1 Å². The number of fused-ring (bicyclic) bond motifs is 1. The molecule has 4 rings (SSSR count). The second-order valence-electron chi connectivity index (χ2n) is 6.93. The van der Waals surface area contributed by atoms with Gasteiger partial charge in [0, 0.05) is 44.0 Å². The Kier molecular flexibility index (Phi) is 5.37. The number of carbonyl (C=O) groups is 1. The Morgan fingerprint density at radius 1 is 1.28 bits per heavy atom. The number of nitrogens with one attached hydrogen (secondary N) is 1. The standard InChI is InChI=1S/C19H21BrN6O3/c1-12-9-13(20)3-4-15(12)26-10-14-17(23-26)21-19(22-18(14)28)25-7-5-24(6-8-25)16(27)11-29-2/h3-4,9-10H,5-8,11H2,1-2H3,(H,21,22,23,28). The lowest BCUT2D eigenvalue weighted by molar-refractivity contribution is -0.135. The highest BCUT2D eigenvalue weighted by Gasteiger charge is 2.23. The van der Waals surface area contributed by atoms with E-state index in [1.807, 2.05) is 30.0 Å². The second-order valence-corrected chi connectivity index (χ2v) is 7.85. The predicted octanol–water partition coefficient (Wildman–Crippen LogP) is 1.47. The van der Waals surface area contributed by atoms with Crippen molar-refractivity contribution in [3.63, 3.8) is 0 Å². The van der Waals surface area contributed by atoms with Crippen LogP contribution in [0.4, 0.5) is 5.95 Å². The van der Waals surface area contributed by atoms with Crippen LogP contribution < -0.4 is 10.5 Å². The molecule has 1 aromatic carbocycles. The van der Waals surface area contributed by atoms with Gasteiger partial charge in [-0.25, -0.2) is 4.68 Å². The second kappa shape index (κ2) is 7.96. The quantitative estimate of drug-likeness (QED) is 0.633. The van der Waals surface area contributed by atoms with Gasteiger partial charge >= 0.3 is 0 Å². The van der Waals surface area contributed by atoms with E-state index in [1.165, 1.54) is 7.11 Å². The zero-order chi connectivity index (χ0) is 20.5. The highest BCUT2D eigenvalue weighted by molar-refractivity contribution is 9.10. The lowest BCUT2D eigenvalue weighted by Gasteiger charge is -2.34. The summed E-state index contributed by atoms with van der Waals surface area (Å²) in [6.07, 6.45) is 1.70. The molecule has 1 aliphatic rings. The summed E-state index contributed by atoms with van der Waals surface area (Å²) in [6, 6.07) is 5.87. The Hall–Kier alpha value is -2.72. The first-order chi connectivity index (χ1) is 14.0. The first-order valence-electron chi connectivity index (χ1n) is 9.24. The molecule has 1 fully saturated rings. The number of hydrogen-bond donors (Lipinski definition) is 1. The molecule has 0 spiro atoms. The molecule has 3 aromatic rings. The first kappa shape index (κ1) is 19.6. The summed E-state index contributed by atoms with van der Waals surface area (Å²) in [4.78, 5) is 35.7. The SMILES string of the molecule is COCC(=O)N1CCN(c2nc3nn(-c4ccc(Br)cc4C)cc3c(=O)[nH]2)CC1. The molecule has 1 N–H and O–H groups in total. The average Bonchev–Trinajstić information content (AvgIpc) is 3.13. The van der Waals surface area contributed by atoms with Gasteiger partial charge in [-0.3, -0.25) is 14.6 Å². The molecule has 3 heterocycles. The fourth-order valence-electron chi connectivity index (χ4n) is 3.44. The van der Waals surface area contributed by atoms with Gasteiger partial charge in [-0.05, 0) is 30.7 Å². The average molecular weight is 461 g/mol. The van der Waals surface area contributed by atoms with Gasteiger partial charge in [-0.15, -0.1) is 5.10 Å². The summed E-state index contributed by atoms with van der Waals surface area (Å²) in [5, 5.41) is 4.95. The Morgan fingerprint density at radius 3 is 2.72 bits per heavy atom. The lowest BCUT2D eigenvalue weighted by Crippen LogP contribution is -2.50.